The highest BCUT2D eigenvalue weighted by atomic mass is 35.5. The van der Waals surface area contributed by atoms with Crippen molar-refractivity contribution >= 4 is 46.6 Å². The lowest BCUT2D eigenvalue weighted by Gasteiger charge is -2.24. The molecule has 0 amide bonds. The van der Waals surface area contributed by atoms with E-state index < -0.39 is 12.0 Å². The number of esters is 1. The molecule has 1 aliphatic rings. The average molecular weight is 594 g/mol. The predicted octanol–water partition coefficient (Wildman–Crippen LogP) is 5.99. The lowest BCUT2D eigenvalue weighted by Crippen LogP contribution is -2.39. The monoisotopic (exact) mass is 592 g/mol. The molecule has 204 valence electrons. The Balaban J connectivity index is 1.53. The molecule has 5 rings (SSSR count). The molecule has 1 atom stereocenters. The molecule has 0 saturated heterocycles. The molecule has 1 unspecified atom stereocenters. The van der Waals surface area contributed by atoms with Crippen LogP contribution in [0.25, 0.3) is 6.08 Å². The standard InChI is InChI=1S/C31H26Cl2N2O4S/c1-4-38-30(37)27-19(3)34-31-35(28(27)21-10-8-18(2)9-11-21)29(36)26(40-31)15-20-6-5-7-24(14-20)39-17-22-12-13-23(32)16-25(22)33/h5-16,28H,4,17H2,1-3H3/b26-15-. The topological polar surface area (TPSA) is 69.9 Å². The van der Waals surface area contributed by atoms with Crippen molar-refractivity contribution in [3.63, 3.8) is 0 Å². The zero-order chi connectivity index (χ0) is 28.4. The van der Waals surface area contributed by atoms with E-state index in [1.165, 1.54) is 11.3 Å². The summed E-state index contributed by atoms with van der Waals surface area (Å²) in [6.07, 6.45) is 1.81. The van der Waals surface area contributed by atoms with Crippen molar-refractivity contribution in [1.29, 1.82) is 0 Å². The largest absolute Gasteiger partial charge is 0.489 e. The van der Waals surface area contributed by atoms with Crippen LogP contribution in [-0.2, 0) is 16.1 Å². The fraction of sp³-hybridized carbons (Fsp3) is 0.194. The van der Waals surface area contributed by atoms with Crippen LogP contribution < -0.4 is 19.6 Å². The Kier molecular flexibility index (Phi) is 8.26. The molecule has 9 heteroatoms. The third-order valence-electron chi connectivity index (χ3n) is 6.48. The number of ether oxygens (including phenoxy) is 2. The Labute approximate surface area is 245 Å². The van der Waals surface area contributed by atoms with E-state index in [9.17, 15) is 9.59 Å². The van der Waals surface area contributed by atoms with Gasteiger partial charge in [-0.05, 0) is 62.2 Å². The van der Waals surface area contributed by atoms with E-state index >= 15 is 0 Å². The first-order chi connectivity index (χ1) is 19.2. The van der Waals surface area contributed by atoms with Crippen molar-refractivity contribution in [3.8, 4) is 5.75 Å². The van der Waals surface area contributed by atoms with E-state index in [-0.39, 0.29) is 18.8 Å². The number of aryl methyl sites for hydroxylation is 1. The third-order valence-corrected chi connectivity index (χ3v) is 8.05. The van der Waals surface area contributed by atoms with Gasteiger partial charge in [0.2, 0.25) is 0 Å². The molecule has 0 fully saturated rings. The van der Waals surface area contributed by atoms with Gasteiger partial charge in [-0.2, -0.15) is 0 Å². The van der Waals surface area contributed by atoms with E-state index in [2.05, 4.69) is 4.99 Å². The number of carbonyl (C=O) groups excluding carboxylic acids is 1. The van der Waals surface area contributed by atoms with Crippen LogP contribution >= 0.6 is 34.5 Å². The molecule has 0 aliphatic carbocycles. The summed E-state index contributed by atoms with van der Waals surface area (Å²) in [4.78, 5) is 32.0. The summed E-state index contributed by atoms with van der Waals surface area (Å²) in [6.45, 7) is 6.02. The lowest BCUT2D eigenvalue weighted by molar-refractivity contribution is -0.139. The van der Waals surface area contributed by atoms with Crippen LogP contribution in [-0.4, -0.2) is 17.1 Å². The molecule has 0 N–H and O–H groups in total. The van der Waals surface area contributed by atoms with E-state index in [0.29, 0.717) is 36.4 Å². The van der Waals surface area contributed by atoms with Crippen molar-refractivity contribution < 1.29 is 14.3 Å². The van der Waals surface area contributed by atoms with Crippen LogP contribution in [0.5, 0.6) is 5.75 Å². The number of allylic oxidation sites excluding steroid dienone is 1. The van der Waals surface area contributed by atoms with Gasteiger partial charge in [0.25, 0.3) is 5.56 Å². The molecule has 1 aliphatic heterocycles. The summed E-state index contributed by atoms with van der Waals surface area (Å²) in [6, 6.07) is 19.9. The molecule has 1 aromatic heterocycles. The minimum atomic E-state index is -0.642. The van der Waals surface area contributed by atoms with Gasteiger partial charge >= 0.3 is 5.97 Å². The first-order valence-corrected chi connectivity index (χ1v) is 14.3. The number of rotatable bonds is 7. The molecule has 0 saturated carbocycles. The highest BCUT2D eigenvalue weighted by molar-refractivity contribution is 7.07. The number of aromatic nitrogens is 1. The number of hydrogen-bond acceptors (Lipinski definition) is 6. The first kappa shape index (κ1) is 27.9. The van der Waals surface area contributed by atoms with Gasteiger partial charge in [-0.1, -0.05) is 82.6 Å². The number of halogens is 2. The van der Waals surface area contributed by atoms with Gasteiger partial charge in [0, 0.05) is 15.6 Å². The van der Waals surface area contributed by atoms with Gasteiger partial charge < -0.3 is 9.47 Å². The van der Waals surface area contributed by atoms with Gasteiger partial charge in [-0.25, -0.2) is 9.79 Å². The quantitative estimate of drug-likeness (QED) is 0.247. The van der Waals surface area contributed by atoms with E-state index in [1.807, 2.05) is 67.6 Å². The highest BCUT2D eigenvalue weighted by Crippen LogP contribution is 2.31. The van der Waals surface area contributed by atoms with Gasteiger partial charge in [0.15, 0.2) is 4.80 Å². The second-order valence-electron chi connectivity index (χ2n) is 9.31. The molecular formula is C31H26Cl2N2O4S. The van der Waals surface area contributed by atoms with Crippen molar-refractivity contribution in [2.24, 2.45) is 4.99 Å². The Morgan fingerprint density at radius 3 is 2.58 bits per heavy atom. The van der Waals surface area contributed by atoms with Crippen molar-refractivity contribution in [2.75, 3.05) is 6.61 Å². The zero-order valence-corrected chi connectivity index (χ0v) is 24.4. The molecule has 40 heavy (non-hydrogen) atoms. The summed E-state index contributed by atoms with van der Waals surface area (Å²) in [5.74, 6) is 0.153. The van der Waals surface area contributed by atoms with Gasteiger partial charge in [-0.3, -0.25) is 9.36 Å². The van der Waals surface area contributed by atoms with Gasteiger partial charge in [-0.15, -0.1) is 0 Å². The fourth-order valence-corrected chi connectivity index (χ4v) is 6.01. The minimum absolute atomic E-state index is 0.225. The number of hydrogen-bond donors (Lipinski definition) is 0. The molecule has 3 aromatic carbocycles. The maximum absolute atomic E-state index is 13.8. The molecular weight excluding hydrogens is 567 g/mol. The Morgan fingerprint density at radius 1 is 1.07 bits per heavy atom. The van der Waals surface area contributed by atoms with Gasteiger partial charge in [0.05, 0.1) is 28.5 Å². The molecule has 6 nitrogen and oxygen atoms in total. The molecule has 4 aromatic rings. The Hall–Kier alpha value is -3.65. The van der Waals surface area contributed by atoms with E-state index in [1.54, 1.807) is 30.5 Å². The summed E-state index contributed by atoms with van der Waals surface area (Å²) < 4.78 is 13.4. The summed E-state index contributed by atoms with van der Waals surface area (Å²) in [5.41, 5.74) is 4.16. The predicted molar refractivity (Wildman–Crippen MR) is 159 cm³/mol. The maximum atomic E-state index is 13.8. The van der Waals surface area contributed by atoms with Crippen molar-refractivity contribution in [2.45, 2.75) is 33.4 Å². The third kappa shape index (κ3) is 5.77. The maximum Gasteiger partial charge on any atom is 0.338 e. The highest BCUT2D eigenvalue weighted by Gasteiger charge is 2.33. The molecule has 0 spiro atoms. The van der Waals surface area contributed by atoms with Crippen LogP contribution in [0, 0.1) is 6.92 Å². The second-order valence-corrected chi connectivity index (χ2v) is 11.2. The number of fused-ring (bicyclic) bond motifs is 1. The molecule has 0 bridgehead atoms. The van der Waals surface area contributed by atoms with Crippen LogP contribution in [0.4, 0.5) is 0 Å². The summed E-state index contributed by atoms with van der Waals surface area (Å²) in [7, 11) is 0. The van der Waals surface area contributed by atoms with Crippen LogP contribution in [0.1, 0.15) is 42.1 Å². The van der Waals surface area contributed by atoms with Crippen molar-refractivity contribution in [3.05, 3.63) is 130 Å². The minimum Gasteiger partial charge on any atom is -0.489 e. The Morgan fingerprint density at radius 2 is 1.85 bits per heavy atom. The smallest absolute Gasteiger partial charge is 0.338 e. The van der Waals surface area contributed by atoms with Crippen LogP contribution in [0.15, 0.2) is 87.8 Å². The lowest BCUT2D eigenvalue weighted by atomic mass is 9.95. The number of nitrogens with zero attached hydrogens (tertiary/aromatic N) is 2. The van der Waals surface area contributed by atoms with E-state index in [0.717, 1.165) is 22.3 Å². The first-order valence-electron chi connectivity index (χ1n) is 12.7. The van der Waals surface area contributed by atoms with Gasteiger partial charge in [0.1, 0.15) is 12.4 Å². The zero-order valence-electron chi connectivity index (χ0n) is 22.1. The van der Waals surface area contributed by atoms with E-state index in [4.69, 9.17) is 32.7 Å². The van der Waals surface area contributed by atoms with Crippen molar-refractivity contribution in [1.82, 2.24) is 4.57 Å². The number of thiazole rings is 1. The SMILES string of the molecule is CCOC(=O)C1=C(C)N=c2s/c(=C\c3cccc(OCc4ccc(Cl)cc4Cl)c3)c(=O)n2C1c1ccc(C)cc1. The normalized spacial score (nSPS) is 15.0. The number of benzene rings is 3. The van der Waals surface area contributed by atoms with Crippen LogP contribution in [0.2, 0.25) is 10.0 Å². The molecule has 0 radical (unpaired) electrons. The Bertz CT molecular complexity index is 1810. The number of carbonyl (C=O) groups is 1. The second kappa shape index (κ2) is 11.8. The van der Waals surface area contributed by atoms with Crippen LogP contribution in [0.3, 0.4) is 0 Å². The average Bonchev–Trinajstić information content (AvgIpc) is 3.22. The summed E-state index contributed by atoms with van der Waals surface area (Å²) in [5, 5.41) is 1.09. The molecule has 2 heterocycles. The fourth-order valence-electron chi connectivity index (χ4n) is 4.50. The summed E-state index contributed by atoms with van der Waals surface area (Å²) >= 11 is 13.5.